The van der Waals surface area contributed by atoms with Gasteiger partial charge >= 0.3 is 0 Å². The Morgan fingerprint density at radius 2 is 1.83 bits per heavy atom. The summed E-state index contributed by atoms with van der Waals surface area (Å²) in [6.07, 6.45) is 0. The highest BCUT2D eigenvalue weighted by atomic mass is 35.5. The maximum atomic E-state index is 13.3. The Hall–Kier alpha value is -2.12. The molecule has 1 atom stereocenters. The summed E-state index contributed by atoms with van der Waals surface area (Å²) in [6, 6.07) is 14.8. The molecule has 7 heteroatoms. The van der Waals surface area contributed by atoms with Gasteiger partial charge in [0.1, 0.15) is 11.8 Å². The molecule has 156 valence electrons. The van der Waals surface area contributed by atoms with Crippen LogP contribution >= 0.6 is 11.6 Å². The lowest BCUT2D eigenvalue weighted by atomic mass is 10.0. The second-order valence-electron chi connectivity index (χ2n) is 7.02. The Labute approximate surface area is 177 Å². The standard InChI is InChI=1S/C22H28ClN3O3/c1-28-15-14-25-10-12-26(13-11-25)21(17-6-4-3-5-7-17)22(27)24-18-8-9-20(29-2)19(23)16-18/h3-9,16,21H,10-15H2,1-2H3,(H,24,27). The fraction of sp³-hybridized carbons (Fsp3) is 0.409. The number of hydrogen-bond acceptors (Lipinski definition) is 5. The second-order valence-corrected chi connectivity index (χ2v) is 7.43. The van der Waals surface area contributed by atoms with Crippen LogP contribution in [0.25, 0.3) is 0 Å². The molecular weight excluding hydrogens is 390 g/mol. The van der Waals surface area contributed by atoms with E-state index in [0.29, 0.717) is 16.5 Å². The molecule has 0 bridgehead atoms. The van der Waals surface area contributed by atoms with E-state index < -0.39 is 0 Å². The Morgan fingerprint density at radius 1 is 1.10 bits per heavy atom. The third-order valence-corrected chi connectivity index (χ3v) is 5.46. The highest BCUT2D eigenvalue weighted by molar-refractivity contribution is 6.32. The van der Waals surface area contributed by atoms with Gasteiger partial charge in [-0.05, 0) is 23.8 Å². The van der Waals surface area contributed by atoms with Crippen LogP contribution in [-0.2, 0) is 9.53 Å². The summed E-state index contributed by atoms with van der Waals surface area (Å²) in [5, 5.41) is 3.49. The minimum absolute atomic E-state index is 0.0669. The van der Waals surface area contributed by atoms with Crippen LogP contribution in [0.15, 0.2) is 48.5 Å². The van der Waals surface area contributed by atoms with Gasteiger partial charge in [-0.3, -0.25) is 14.6 Å². The molecule has 1 fully saturated rings. The van der Waals surface area contributed by atoms with Crippen LogP contribution in [0.5, 0.6) is 5.75 Å². The molecular formula is C22H28ClN3O3. The topological polar surface area (TPSA) is 54.0 Å². The number of carbonyl (C=O) groups is 1. The molecule has 0 aromatic heterocycles. The van der Waals surface area contributed by atoms with Gasteiger partial charge in [0.25, 0.3) is 0 Å². The van der Waals surface area contributed by atoms with Crippen molar-refractivity contribution in [3.05, 3.63) is 59.1 Å². The minimum Gasteiger partial charge on any atom is -0.495 e. The minimum atomic E-state index is -0.360. The third kappa shape index (κ3) is 5.70. The zero-order valence-corrected chi connectivity index (χ0v) is 17.7. The van der Waals surface area contributed by atoms with Gasteiger partial charge in [0.15, 0.2) is 0 Å². The van der Waals surface area contributed by atoms with E-state index >= 15 is 0 Å². The zero-order chi connectivity index (χ0) is 20.6. The molecule has 1 saturated heterocycles. The quantitative estimate of drug-likeness (QED) is 0.714. The monoisotopic (exact) mass is 417 g/mol. The largest absolute Gasteiger partial charge is 0.495 e. The Morgan fingerprint density at radius 3 is 2.45 bits per heavy atom. The van der Waals surface area contributed by atoms with Gasteiger partial charge in [-0.2, -0.15) is 0 Å². The maximum absolute atomic E-state index is 13.3. The number of methoxy groups -OCH3 is 2. The fourth-order valence-electron chi connectivity index (χ4n) is 3.58. The maximum Gasteiger partial charge on any atom is 0.246 e. The second kappa shape index (κ2) is 10.6. The van der Waals surface area contributed by atoms with Crippen molar-refractivity contribution in [2.24, 2.45) is 0 Å². The Balaban J connectivity index is 1.74. The molecule has 1 N–H and O–H groups in total. The first-order valence-electron chi connectivity index (χ1n) is 9.77. The number of anilines is 1. The van der Waals surface area contributed by atoms with E-state index in [4.69, 9.17) is 21.1 Å². The lowest BCUT2D eigenvalue weighted by molar-refractivity contribution is -0.122. The fourth-order valence-corrected chi connectivity index (χ4v) is 3.84. The van der Waals surface area contributed by atoms with Crippen LogP contribution in [0.4, 0.5) is 5.69 Å². The SMILES string of the molecule is COCCN1CCN(C(C(=O)Nc2ccc(OC)c(Cl)c2)c2ccccc2)CC1. The molecule has 3 rings (SSSR count). The number of nitrogens with zero attached hydrogens (tertiary/aromatic N) is 2. The van der Waals surface area contributed by atoms with Gasteiger partial charge < -0.3 is 14.8 Å². The highest BCUT2D eigenvalue weighted by Crippen LogP contribution is 2.29. The lowest BCUT2D eigenvalue weighted by Gasteiger charge is -2.38. The van der Waals surface area contributed by atoms with Gasteiger partial charge in [0.2, 0.25) is 5.91 Å². The summed E-state index contributed by atoms with van der Waals surface area (Å²) in [6.45, 7) is 5.10. The average Bonchev–Trinajstić information content (AvgIpc) is 2.74. The number of ether oxygens (including phenoxy) is 2. The number of amides is 1. The van der Waals surface area contributed by atoms with E-state index in [1.165, 1.54) is 0 Å². The first kappa shape index (κ1) is 21.6. The zero-order valence-electron chi connectivity index (χ0n) is 16.9. The van der Waals surface area contributed by atoms with Gasteiger partial charge in [-0.25, -0.2) is 0 Å². The number of halogens is 1. The molecule has 1 aliphatic rings. The van der Waals surface area contributed by atoms with Crippen LogP contribution in [0.2, 0.25) is 5.02 Å². The van der Waals surface area contributed by atoms with Crippen molar-refractivity contribution < 1.29 is 14.3 Å². The van der Waals surface area contributed by atoms with Crippen molar-refractivity contribution in [2.45, 2.75) is 6.04 Å². The van der Waals surface area contributed by atoms with Gasteiger partial charge in [0, 0.05) is 45.5 Å². The van der Waals surface area contributed by atoms with E-state index in [0.717, 1.165) is 44.9 Å². The van der Waals surface area contributed by atoms with E-state index in [-0.39, 0.29) is 11.9 Å². The smallest absolute Gasteiger partial charge is 0.246 e. The first-order valence-corrected chi connectivity index (χ1v) is 10.1. The number of rotatable bonds is 8. The van der Waals surface area contributed by atoms with Crippen molar-refractivity contribution in [1.82, 2.24) is 9.80 Å². The van der Waals surface area contributed by atoms with Crippen LogP contribution in [-0.4, -0.2) is 69.3 Å². The van der Waals surface area contributed by atoms with Crippen molar-refractivity contribution in [3.63, 3.8) is 0 Å². The van der Waals surface area contributed by atoms with Crippen LogP contribution < -0.4 is 10.1 Å². The molecule has 1 heterocycles. The number of hydrogen-bond donors (Lipinski definition) is 1. The van der Waals surface area contributed by atoms with Crippen molar-refractivity contribution in [2.75, 3.05) is 58.9 Å². The van der Waals surface area contributed by atoms with E-state index in [9.17, 15) is 4.79 Å². The summed E-state index contributed by atoms with van der Waals surface area (Å²) in [5.74, 6) is 0.513. The van der Waals surface area contributed by atoms with Crippen molar-refractivity contribution in [1.29, 1.82) is 0 Å². The molecule has 2 aromatic carbocycles. The van der Waals surface area contributed by atoms with Crippen molar-refractivity contribution in [3.8, 4) is 5.75 Å². The predicted molar refractivity (Wildman–Crippen MR) is 116 cm³/mol. The van der Waals surface area contributed by atoms with Gasteiger partial charge in [-0.1, -0.05) is 41.9 Å². The van der Waals surface area contributed by atoms with Crippen LogP contribution in [0.3, 0.4) is 0 Å². The third-order valence-electron chi connectivity index (χ3n) is 5.17. The van der Waals surface area contributed by atoms with Crippen molar-refractivity contribution >= 4 is 23.2 Å². The average molecular weight is 418 g/mol. The normalized spacial score (nSPS) is 16.4. The first-order chi connectivity index (χ1) is 14.1. The molecule has 2 aromatic rings. The number of carbonyl (C=O) groups excluding carboxylic acids is 1. The molecule has 1 amide bonds. The molecule has 0 radical (unpaired) electrons. The lowest BCUT2D eigenvalue weighted by Crippen LogP contribution is -2.50. The molecule has 6 nitrogen and oxygen atoms in total. The van der Waals surface area contributed by atoms with Crippen LogP contribution in [0.1, 0.15) is 11.6 Å². The van der Waals surface area contributed by atoms with Crippen LogP contribution in [0, 0.1) is 0 Å². The van der Waals surface area contributed by atoms with E-state index in [1.54, 1.807) is 32.4 Å². The van der Waals surface area contributed by atoms with Gasteiger partial charge in [0.05, 0.1) is 18.7 Å². The number of piperazine rings is 1. The Kier molecular flexibility index (Phi) is 7.89. The summed E-state index contributed by atoms with van der Waals surface area (Å²) in [7, 11) is 3.29. The molecule has 0 spiro atoms. The summed E-state index contributed by atoms with van der Waals surface area (Å²) in [4.78, 5) is 17.9. The molecule has 1 unspecified atom stereocenters. The number of nitrogens with one attached hydrogen (secondary N) is 1. The molecule has 0 aliphatic carbocycles. The van der Waals surface area contributed by atoms with E-state index in [2.05, 4.69) is 15.1 Å². The molecule has 29 heavy (non-hydrogen) atoms. The summed E-state index contributed by atoms with van der Waals surface area (Å²) < 4.78 is 10.4. The van der Waals surface area contributed by atoms with E-state index in [1.807, 2.05) is 30.3 Å². The summed E-state index contributed by atoms with van der Waals surface area (Å²) in [5.41, 5.74) is 1.63. The Bertz CT molecular complexity index is 795. The predicted octanol–water partition coefficient (Wildman–Crippen LogP) is 3.29. The summed E-state index contributed by atoms with van der Waals surface area (Å²) >= 11 is 6.21. The molecule has 0 saturated carbocycles. The van der Waals surface area contributed by atoms with Gasteiger partial charge in [-0.15, -0.1) is 0 Å². The highest BCUT2D eigenvalue weighted by Gasteiger charge is 2.30. The number of benzene rings is 2. The molecule has 1 aliphatic heterocycles.